The third kappa shape index (κ3) is 8.90. The third-order valence-electron chi connectivity index (χ3n) is 0.175. The van der Waals surface area contributed by atoms with Crippen LogP contribution >= 0.6 is 0 Å². The van der Waals surface area contributed by atoms with Crippen LogP contribution in [0.25, 0.3) is 0 Å². The van der Waals surface area contributed by atoms with Gasteiger partial charge in [-0.05, 0) is 0 Å². The number of carbonyl (C=O) groups excluding carboxylic acids is 1. The van der Waals surface area contributed by atoms with Crippen molar-refractivity contribution in [3.05, 3.63) is 12.7 Å². The first kappa shape index (κ1) is 10.1. The maximum absolute atomic E-state index is 9.72. The van der Waals surface area contributed by atoms with Gasteiger partial charge in [0.25, 0.3) is 0 Å². The molecule has 6 heavy (non-hydrogen) atoms. The number of carbonyl (C=O) groups is 1. The fourth-order valence-electron chi connectivity index (χ4n) is 0. The van der Waals surface area contributed by atoms with Gasteiger partial charge in [-0.2, -0.15) is 0 Å². The maximum Gasteiger partial charge on any atom is 0 e. The van der Waals surface area contributed by atoms with Crippen LogP contribution in [0.3, 0.4) is 0 Å². The van der Waals surface area contributed by atoms with E-state index >= 15 is 0 Å². The molecule has 0 atom stereocenters. The van der Waals surface area contributed by atoms with Gasteiger partial charge in [-0.25, -0.2) is 0 Å². The molecule has 0 aliphatic heterocycles. The second-order valence-corrected chi connectivity index (χ2v) is 1.63. The number of rotatable bonds is 1. The van der Waals surface area contributed by atoms with Crippen LogP contribution in [-0.4, -0.2) is 4.00 Å². The Hall–Kier alpha value is 1.03. The van der Waals surface area contributed by atoms with Crippen molar-refractivity contribution in [2.75, 3.05) is 0 Å². The summed E-state index contributed by atoms with van der Waals surface area (Å²) in [7, 11) is 0. The Labute approximate surface area is 68.2 Å². The van der Waals surface area contributed by atoms with Crippen LogP contribution in [0.2, 0.25) is 0 Å². The molecule has 0 heterocycles. The Morgan fingerprint density at radius 1 is 1.83 bits per heavy atom. The van der Waals surface area contributed by atoms with E-state index in [1.807, 2.05) is 0 Å². The molecule has 0 spiro atoms. The molecule has 1 nitrogen and oxygen atoms in total. The summed E-state index contributed by atoms with van der Waals surface area (Å²) >= 11 is 1.16. The van der Waals surface area contributed by atoms with Crippen molar-refractivity contribution in [3.63, 3.8) is 0 Å². The standard InChI is InChI=1S/C3H3O.Nb.Zr/c1-2-3-4;;/h2H,1H2;;. The summed E-state index contributed by atoms with van der Waals surface area (Å²) in [6.45, 7) is 3.22. The van der Waals surface area contributed by atoms with Crippen molar-refractivity contribution in [1.29, 1.82) is 0 Å². The van der Waals surface area contributed by atoms with E-state index in [1.54, 1.807) is 0 Å². The molecule has 0 aliphatic rings. The van der Waals surface area contributed by atoms with Crippen molar-refractivity contribution < 1.29 is 52.1 Å². The van der Waals surface area contributed by atoms with Crippen molar-refractivity contribution in [2.45, 2.75) is 0 Å². The molecule has 0 radical (unpaired) electrons. The summed E-state index contributed by atoms with van der Waals surface area (Å²) in [4.78, 5) is 9.72. The van der Waals surface area contributed by atoms with E-state index in [0.717, 1.165) is 21.1 Å². The number of allylic oxidation sites excluding steroid dienone is 1. The molecule has 0 aliphatic carbocycles. The number of hydrogen-bond donors (Lipinski definition) is 0. The molecule has 0 bridgehead atoms. The van der Waals surface area contributed by atoms with Gasteiger partial charge < -0.3 is 0 Å². The molecule has 3 heteroatoms. The molecule has 0 saturated heterocycles. The Bertz CT molecular complexity index is 61.8. The minimum Gasteiger partial charge on any atom is 0 e. The molecule has 0 rings (SSSR count). The molecular formula is C3H3NbOZr. The Balaban J connectivity index is 0. The van der Waals surface area contributed by atoms with Gasteiger partial charge in [0, 0.05) is 26.2 Å². The SMILES string of the molecule is C=C[C](=O)[Nb].[Zr]. The summed E-state index contributed by atoms with van der Waals surface area (Å²) < 4.78 is 0.0685. The van der Waals surface area contributed by atoms with Crippen LogP contribution in [0.1, 0.15) is 0 Å². The van der Waals surface area contributed by atoms with E-state index in [1.165, 1.54) is 6.08 Å². The van der Waals surface area contributed by atoms with Gasteiger partial charge in [-0.3, -0.25) is 0 Å². The van der Waals surface area contributed by atoms with Crippen LogP contribution in [-0.2, 0) is 52.1 Å². The summed E-state index contributed by atoms with van der Waals surface area (Å²) in [6.07, 6.45) is 1.30. The zero-order valence-electron chi connectivity index (χ0n) is 3.14. The Kier molecular flexibility index (Phi) is 10.2. The topological polar surface area (TPSA) is 17.1 Å². The maximum atomic E-state index is 9.72. The van der Waals surface area contributed by atoms with Gasteiger partial charge in [0.2, 0.25) is 0 Å². The van der Waals surface area contributed by atoms with E-state index in [4.69, 9.17) is 0 Å². The summed E-state index contributed by atoms with van der Waals surface area (Å²) in [5.41, 5.74) is 0. The van der Waals surface area contributed by atoms with Crippen LogP contribution in [0, 0.1) is 0 Å². The molecule has 0 fully saturated rings. The van der Waals surface area contributed by atoms with E-state index in [2.05, 4.69) is 6.58 Å². The zero-order valence-corrected chi connectivity index (χ0v) is 7.80. The van der Waals surface area contributed by atoms with E-state index in [9.17, 15) is 4.79 Å². The molecule has 0 aromatic heterocycles. The van der Waals surface area contributed by atoms with Crippen molar-refractivity contribution in [2.24, 2.45) is 0 Å². The fraction of sp³-hybridized carbons (Fsp3) is 0. The molecule has 30 valence electrons. The average molecular weight is 239 g/mol. The predicted molar refractivity (Wildman–Crippen MR) is 15.2 cm³/mol. The Morgan fingerprint density at radius 3 is 2.00 bits per heavy atom. The summed E-state index contributed by atoms with van der Waals surface area (Å²) in [5, 5.41) is 0. The summed E-state index contributed by atoms with van der Waals surface area (Å²) in [5.74, 6) is 0. The average Bonchev–Trinajstić information content (AvgIpc) is 1.38. The van der Waals surface area contributed by atoms with Gasteiger partial charge in [-0.1, -0.05) is 0 Å². The van der Waals surface area contributed by atoms with E-state index in [0.29, 0.717) is 0 Å². The second kappa shape index (κ2) is 6.03. The Morgan fingerprint density at radius 2 is 2.00 bits per heavy atom. The number of hydrogen-bond acceptors (Lipinski definition) is 1. The van der Waals surface area contributed by atoms with Gasteiger partial charge in [0.15, 0.2) is 0 Å². The van der Waals surface area contributed by atoms with Gasteiger partial charge in [0.1, 0.15) is 0 Å². The third-order valence-corrected chi connectivity index (χ3v) is 0.623. The van der Waals surface area contributed by atoms with E-state index in [-0.39, 0.29) is 30.2 Å². The van der Waals surface area contributed by atoms with Gasteiger partial charge in [-0.15, -0.1) is 0 Å². The molecule has 0 unspecified atom stereocenters. The molecule has 0 amide bonds. The first-order chi connectivity index (χ1) is 2.27. The van der Waals surface area contributed by atoms with Crippen LogP contribution < -0.4 is 0 Å². The van der Waals surface area contributed by atoms with Crippen LogP contribution in [0.15, 0.2) is 12.7 Å². The molecule has 0 aromatic rings. The molecule has 0 aromatic carbocycles. The van der Waals surface area contributed by atoms with Crippen molar-refractivity contribution in [3.8, 4) is 0 Å². The molecule has 0 N–H and O–H groups in total. The quantitative estimate of drug-likeness (QED) is 0.473. The normalized spacial score (nSPS) is 5.33. The minimum atomic E-state index is 0. The van der Waals surface area contributed by atoms with E-state index < -0.39 is 0 Å². The van der Waals surface area contributed by atoms with Crippen LogP contribution in [0.5, 0.6) is 0 Å². The minimum absolute atomic E-state index is 0. The first-order valence-electron chi connectivity index (χ1n) is 1.12. The fourth-order valence-corrected chi connectivity index (χ4v) is 0. The largest absolute Gasteiger partial charge is 0 e. The van der Waals surface area contributed by atoms with Crippen molar-refractivity contribution in [1.82, 2.24) is 0 Å². The predicted octanol–water partition coefficient (Wildman–Crippen LogP) is 0.243. The van der Waals surface area contributed by atoms with Gasteiger partial charge in [0.05, 0.1) is 0 Å². The smallest absolute Gasteiger partial charge is 0 e. The summed E-state index contributed by atoms with van der Waals surface area (Å²) in [6, 6.07) is 0. The zero-order chi connectivity index (χ0) is 4.28. The second-order valence-electron chi connectivity index (χ2n) is 0.542. The van der Waals surface area contributed by atoms with Crippen molar-refractivity contribution >= 4 is 4.00 Å². The molecular weight excluding hydrogens is 236 g/mol. The molecule has 0 saturated carbocycles. The monoisotopic (exact) mass is 238 g/mol. The first-order valence-corrected chi connectivity index (χ1v) is 2.22. The van der Waals surface area contributed by atoms with Gasteiger partial charge >= 0.3 is 42.5 Å². The van der Waals surface area contributed by atoms with Crippen LogP contribution in [0.4, 0.5) is 0 Å².